The lowest BCUT2D eigenvalue weighted by atomic mass is 10.2. The Morgan fingerprint density at radius 1 is 1.33 bits per heavy atom. The first-order valence-electron chi connectivity index (χ1n) is 5.61. The molecule has 100 valence electrons. The van der Waals surface area contributed by atoms with E-state index in [0.717, 1.165) is 25.0 Å². The maximum atomic E-state index is 13.5. The summed E-state index contributed by atoms with van der Waals surface area (Å²) in [4.78, 5) is -0.677. The number of rotatable bonds is 5. The maximum Gasteiger partial charge on any atom is 0.243 e. The largest absolute Gasteiger partial charge is 0.326 e. The smallest absolute Gasteiger partial charge is 0.243 e. The van der Waals surface area contributed by atoms with Crippen LogP contribution in [-0.4, -0.2) is 15.0 Å². The molecule has 4 nitrogen and oxygen atoms in total. The molecule has 0 radical (unpaired) electrons. The molecule has 0 amide bonds. The number of nitrogens with two attached hydrogens (primary N) is 1. The van der Waals surface area contributed by atoms with Gasteiger partial charge in [-0.2, -0.15) is 0 Å². The van der Waals surface area contributed by atoms with Gasteiger partial charge >= 0.3 is 0 Å². The minimum atomic E-state index is -4.02. The van der Waals surface area contributed by atoms with Gasteiger partial charge in [0.15, 0.2) is 11.6 Å². The van der Waals surface area contributed by atoms with Gasteiger partial charge in [-0.15, -0.1) is 0 Å². The molecule has 0 heterocycles. The topological polar surface area (TPSA) is 72.2 Å². The van der Waals surface area contributed by atoms with E-state index in [-0.39, 0.29) is 18.7 Å². The lowest BCUT2D eigenvalue weighted by molar-refractivity contribution is 0.481. The van der Waals surface area contributed by atoms with E-state index >= 15 is 0 Å². The predicted molar refractivity (Wildman–Crippen MR) is 62.2 cm³/mol. The normalized spacial score (nSPS) is 15.9. The summed E-state index contributed by atoms with van der Waals surface area (Å²) in [5.74, 6) is -2.26. The fourth-order valence-electron chi connectivity index (χ4n) is 1.56. The molecule has 1 fully saturated rings. The van der Waals surface area contributed by atoms with Gasteiger partial charge in [-0.25, -0.2) is 21.9 Å². The summed E-state index contributed by atoms with van der Waals surface area (Å²) < 4.78 is 52.7. The van der Waals surface area contributed by atoms with Crippen LogP contribution in [0.5, 0.6) is 0 Å². The Balaban J connectivity index is 2.32. The van der Waals surface area contributed by atoms with Gasteiger partial charge in [0.2, 0.25) is 10.0 Å². The van der Waals surface area contributed by atoms with Gasteiger partial charge in [0.05, 0.1) is 0 Å². The predicted octanol–water partition coefficient (Wildman–Crippen LogP) is 1.11. The van der Waals surface area contributed by atoms with Crippen LogP contribution in [0.4, 0.5) is 8.78 Å². The molecule has 18 heavy (non-hydrogen) atoms. The molecule has 1 aromatic rings. The number of sulfonamides is 1. The highest BCUT2D eigenvalue weighted by molar-refractivity contribution is 7.89. The molecule has 0 saturated heterocycles. The highest BCUT2D eigenvalue weighted by Crippen LogP contribution is 2.28. The van der Waals surface area contributed by atoms with Crippen molar-refractivity contribution in [3.05, 3.63) is 29.3 Å². The summed E-state index contributed by atoms with van der Waals surface area (Å²) in [6, 6.07) is 1.96. The number of benzene rings is 1. The molecular formula is C11H14F2N2O2S. The number of hydrogen-bond acceptors (Lipinski definition) is 3. The highest BCUT2D eigenvalue weighted by Gasteiger charge is 2.27. The first-order valence-corrected chi connectivity index (χ1v) is 7.10. The number of halogens is 2. The quantitative estimate of drug-likeness (QED) is 0.846. The molecule has 7 heteroatoms. The third kappa shape index (κ3) is 2.85. The second-order valence-electron chi connectivity index (χ2n) is 4.39. The Morgan fingerprint density at radius 3 is 2.56 bits per heavy atom. The van der Waals surface area contributed by atoms with Crippen LogP contribution in [0.3, 0.4) is 0 Å². The van der Waals surface area contributed by atoms with Crippen molar-refractivity contribution in [1.29, 1.82) is 0 Å². The summed E-state index contributed by atoms with van der Waals surface area (Å²) in [5.41, 5.74) is 5.55. The van der Waals surface area contributed by atoms with Crippen LogP contribution < -0.4 is 10.5 Å². The zero-order chi connectivity index (χ0) is 13.3. The van der Waals surface area contributed by atoms with Crippen molar-refractivity contribution in [2.24, 2.45) is 11.7 Å². The van der Waals surface area contributed by atoms with Gasteiger partial charge in [-0.1, -0.05) is 0 Å². The SMILES string of the molecule is NCc1cc(F)c(F)c(S(=O)(=O)NCC2CC2)c1. The molecule has 0 aliphatic heterocycles. The van der Waals surface area contributed by atoms with Crippen molar-refractivity contribution in [3.8, 4) is 0 Å². The van der Waals surface area contributed by atoms with Crippen LogP contribution in [-0.2, 0) is 16.6 Å². The molecule has 1 aliphatic carbocycles. The van der Waals surface area contributed by atoms with E-state index in [4.69, 9.17) is 5.73 Å². The molecular weight excluding hydrogens is 262 g/mol. The van der Waals surface area contributed by atoms with E-state index in [9.17, 15) is 17.2 Å². The van der Waals surface area contributed by atoms with Crippen molar-refractivity contribution in [3.63, 3.8) is 0 Å². The van der Waals surface area contributed by atoms with Crippen LogP contribution >= 0.6 is 0 Å². The van der Waals surface area contributed by atoms with Crippen molar-refractivity contribution in [1.82, 2.24) is 4.72 Å². The average molecular weight is 276 g/mol. The Kier molecular flexibility index (Phi) is 3.65. The summed E-state index contributed by atoms with van der Waals surface area (Å²) >= 11 is 0. The van der Waals surface area contributed by atoms with Gasteiger partial charge in [-0.3, -0.25) is 0 Å². The zero-order valence-corrected chi connectivity index (χ0v) is 10.4. The van der Waals surface area contributed by atoms with Gasteiger partial charge in [0, 0.05) is 13.1 Å². The lowest BCUT2D eigenvalue weighted by Crippen LogP contribution is -2.27. The van der Waals surface area contributed by atoms with Crippen molar-refractivity contribution in [2.75, 3.05) is 6.54 Å². The minimum absolute atomic E-state index is 0.0532. The molecule has 0 aromatic heterocycles. The fraction of sp³-hybridized carbons (Fsp3) is 0.455. The monoisotopic (exact) mass is 276 g/mol. The summed E-state index contributed by atoms with van der Waals surface area (Å²) in [6.07, 6.45) is 1.92. The highest BCUT2D eigenvalue weighted by atomic mass is 32.2. The Bertz CT molecular complexity index is 556. The summed E-state index contributed by atoms with van der Waals surface area (Å²) in [5, 5.41) is 0. The van der Waals surface area contributed by atoms with E-state index in [2.05, 4.69) is 4.72 Å². The molecule has 2 rings (SSSR count). The number of nitrogens with one attached hydrogen (secondary N) is 1. The van der Waals surface area contributed by atoms with Crippen LogP contribution in [0.25, 0.3) is 0 Å². The van der Waals surface area contributed by atoms with Crippen LogP contribution in [0.2, 0.25) is 0 Å². The molecule has 0 unspecified atom stereocenters. The molecule has 0 atom stereocenters. The third-order valence-electron chi connectivity index (χ3n) is 2.84. The second kappa shape index (κ2) is 4.91. The molecule has 3 N–H and O–H groups in total. The van der Waals surface area contributed by atoms with E-state index < -0.39 is 26.6 Å². The lowest BCUT2D eigenvalue weighted by Gasteiger charge is -2.09. The van der Waals surface area contributed by atoms with Crippen molar-refractivity contribution in [2.45, 2.75) is 24.3 Å². The van der Waals surface area contributed by atoms with Gasteiger partial charge in [-0.05, 0) is 36.5 Å². The van der Waals surface area contributed by atoms with E-state index in [1.807, 2.05) is 0 Å². The zero-order valence-electron chi connectivity index (χ0n) is 9.62. The van der Waals surface area contributed by atoms with Crippen LogP contribution in [0.1, 0.15) is 18.4 Å². The minimum Gasteiger partial charge on any atom is -0.326 e. The van der Waals surface area contributed by atoms with Crippen molar-refractivity contribution < 1.29 is 17.2 Å². The average Bonchev–Trinajstić information content (AvgIpc) is 3.13. The van der Waals surface area contributed by atoms with Gasteiger partial charge in [0.25, 0.3) is 0 Å². The molecule has 1 aromatic carbocycles. The first kappa shape index (κ1) is 13.4. The maximum absolute atomic E-state index is 13.5. The molecule has 1 saturated carbocycles. The van der Waals surface area contributed by atoms with E-state index in [1.54, 1.807) is 0 Å². The molecule has 0 spiro atoms. The van der Waals surface area contributed by atoms with Gasteiger partial charge < -0.3 is 5.73 Å². The first-order chi connectivity index (χ1) is 8.44. The molecule has 0 bridgehead atoms. The second-order valence-corrected chi connectivity index (χ2v) is 6.12. The third-order valence-corrected chi connectivity index (χ3v) is 4.26. The van der Waals surface area contributed by atoms with Crippen LogP contribution in [0.15, 0.2) is 17.0 Å². The van der Waals surface area contributed by atoms with Crippen LogP contribution in [0, 0.1) is 17.6 Å². The summed E-state index contributed by atoms with van der Waals surface area (Å²) in [7, 11) is -4.02. The fourth-order valence-corrected chi connectivity index (χ4v) is 2.81. The Morgan fingerprint density at radius 2 is 2.00 bits per heavy atom. The molecule has 1 aliphatic rings. The summed E-state index contributed by atoms with van der Waals surface area (Å²) in [6.45, 7) is 0.207. The van der Waals surface area contributed by atoms with E-state index in [0.29, 0.717) is 5.92 Å². The number of hydrogen-bond donors (Lipinski definition) is 2. The standard InChI is InChI=1S/C11H14F2N2O2S/c12-9-3-8(5-14)4-10(11(9)13)18(16,17)15-6-7-1-2-7/h3-4,7,15H,1-2,5-6,14H2. The van der Waals surface area contributed by atoms with Gasteiger partial charge in [0.1, 0.15) is 4.90 Å². The van der Waals surface area contributed by atoms with E-state index in [1.165, 1.54) is 0 Å². The Labute approximate surface area is 104 Å². The Hall–Kier alpha value is -1.05. The van der Waals surface area contributed by atoms with Crippen molar-refractivity contribution >= 4 is 10.0 Å².